The Morgan fingerprint density at radius 2 is 1.65 bits per heavy atom. The summed E-state index contributed by atoms with van der Waals surface area (Å²) in [6.07, 6.45) is -12.6. The second kappa shape index (κ2) is 8.87. The lowest BCUT2D eigenvalue weighted by Crippen LogP contribution is -2.64. The van der Waals surface area contributed by atoms with Crippen molar-refractivity contribution in [1.29, 1.82) is 0 Å². The van der Waals surface area contributed by atoms with Gasteiger partial charge in [-0.25, -0.2) is 0 Å². The van der Waals surface area contributed by atoms with Gasteiger partial charge in [-0.1, -0.05) is 0 Å². The molecular weight excluding hydrogens is 356 g/mol. The largest absolute Gasteiger partial charge is 0.454 e. The lowest BCUT2D eigenvalue weighted by molar-refractivity contribution is -0.353. The van der Waals surface area contributed by atoms with Crippen molar-refractivity contribution in [3.63, 3.8) is 0 Å². The normalized spacial score (nSPS) is 46.8. The SMILES string of the molecule is CO[C@@H]1[C@@H](O[C@@H]2O[C@H](CO)[C@@H](O)[C@H](O)[C@H]2O)[C@H](C)O[C@@H](O)[C@H]1OC(C)=O. The summed E-state index contributed by atoms with van der Waals surface area (Å²) >= 11 is 0. The van der Waals surface area contributed by atoms with Crippen LogP contribution in [0.2, 0.25) is 0 Å². The second-order valence-corrected chi connectivity index (χ2v) is 6.30. The molecule has 0 amide bonds. The molecule has 2 aliphatic heterocycles. The molecule has 26 heavy (non-hydrogen) atoms. The van der Waals surface area contributed by atoms with Crippen molar-refractivity contribution in [3.05, 3.63) is 0 Å². The van der Waals surface area contributed by atoms with Crippen LogP contribution in [-0.2, 0) is 28.5 Å². The Morgan fingerprint density at radius 3 is 2.19 bits per heavy atom. The monoisotopic (exact) mass is 382 g/mol. The molecule has 2 aliphatic rings. The van der Waals surface area contributed by atoms with Crippen LogP contribution in [0.3, 0.4) is 0 Å². The Balaban J connectivity index is 2.17. The van der Waals surface area contributed by atoms with E-state index in [0.29, 0.717) is 0 Å². The van der Waals surface area contributed by atoms with Crippen LogP contribution in [0.25, 0.3) is 0 Å². The molecule has 10 atom stereocenters. The standard InChI is InChI=1S/C15H26O11/c1-5-11(12(22-3)13(14(21)23-5)24-6(2)17)26-15-10(20)9(19)8(18)7(4-16)25-15/h5,7-16,18-21H,4H2,1-3H3/t5-,7+,8+,9-,10+,11-,12+,13-,14+,15-/m0/s1. The van der Waals surface area contributed by atoms with Crippen molar-refractivity contribution in [2.75, 3.05) is 13.7 Å². The van der Waals surface area contributed by atoms with E-state index in [9.17, 15) is 30.3 Å². The molecule has 2 heterocycles. The van der Waals surface area contributed by atoms with E-state index in [-0.39, 0.29) is 0 Å². The summed E-state index contributed by atoms with van der Waals surface area (Å²) in [6.45, 7) is 2.11. The highest BCUT2D eigenvalue weighted by atomic mass is 16.7. The molecule has 2 saturated heterocycles. The van der Waals surface area contributed by atoms with Gasteiger partial charge in [0.05, 0.1) is 12.7 Å². The van der Waals surface area contributed by atoms with Crippen LogP contribution in [0.1, 0.15) is 13.8 Å². The van der Waals surface area contributed by atoms with Crippen LogP contribution in [0.4, 0.5) is 0 Å². The van der Waals surface area contributed by atoms with E-state index in [2.05, 4.69) is 0 Å². The summed E-state index contributed by atoms with van der Waals surface area (Å²) < 4.78 is 26.6. The first-order valence-electron chi connectivity index (χ1n) is 8.20. The van der Waals surface area contributed by atoms with Crippen LogP contribution in [0.5, 0.6) is 0 Å². The fourth-order valence-corrected chi connectivity index (χ4v) is 3.10. The molecule has 0 aromatic heterocycles. The van der Waals surface area contributed by atoms with Gasteiger partial charge in [0.15, 0.2) is 18.7 Å². The van der Waals surface area contributed by atoms with Crippen LogP contribution in [0.15, 0.2) is 0 Å². The number of ether oxygens (including phenoxy) is 5. The number of aliphatic hydroxyl groups excluding tert-OH is 5. The molecule has 0 aliphatic carbocycles. The highest BCUT2D eigenvalue weighted by molar-refractivity contribution is 5.66. The van der Waals surface area contributed by atoms with Gasteiger partial charge in [0.1, 0.15) is 36.6 Å². The van der Waals surface area contributed by atoms with Gasteiger partial charge in [-0.15, -0.1) is 0 Å². The van der Waals surface area contributed by atoms with Gasteiger partial charge >= 0.3 is 5.97 Å². The van der Waals surface area contributed by atoms with Gasteiger partial charge in [0.2, 0.25) is 0 Å². The molecule has 0 radical (unpaired) electrons. The Labute approximate surface area is 150 Å². The minimum absolute atomic E-state index is 0.607. The van der Waals surface area contributed by atoms with Crippen molar-refractivity contribution in [2.24, 2.45) is 0 Å². The number of hydrogen-bond donors (Lipinski definition) is 5. The summed E-state index contributed by atoms with van der Waals surface area (Å²) in [5.74, 6) is -0.666. The first-order chi connectivity index (χ1) is 12.2. The molecule has 2 rings (SSSR count). The molecule has 0 unspecified atom stereocenters. The number of esters is 1. The van der Waals surface area contributed by atoms with Crippen molar-refractivity contribution < 1.29 is 54.0 Å². The summed E-state index contributed by atoms with van der Waals surface area (Å²) in [7, 11) is 1.32. The molecule has 0 spiro atoms. The molecule has 0 aromatic carbocycles. The Hall–Kier alpha value is -0.890. The third-order valence-corrected chi connectivity index (χ3v) is 4.46. The van der Waals surface area contributed by atoms with E-state index >= 15 is 0 Å². The summed E-state index contributed by atoms with van der Waals surface area (Å²) in [5.41, 5.74) is 0. The van der Waals surface area contributed by atoms with E-state index in [4.69, 9.17) is 23.7 Å². The minimum Gasteiger partial charge on any atom is -0.454 e. The van der Waals surface area contributed by atoms with E-state index in [1.807, 2.05) is 0 Å². The van der Waals surface area contributed by atoms with Crippen LogP contribution < -0.4 is 0 Å². The summed E-state index contributed by atoms with van der Waals surface area (Å²) in [4.78, 5) is 11.3. The van der Waals surface area contributed by atoms with E-state index in [0.717, 1.165) is 6.92 Å². The van der Waals surface area contributed by atoms with E-state index in [1.54, 1.807) is 6.92 Å². The Morgan fingerprint density at radius 1 is 1.00 bits per heavy atom. The third kappa shape index (κ3) is 4.32. The van der Waals surface area contributed by atoms with Gasteiger partial charge in [-0.05, 0) is 6.92 Å². The van der Waals surface area contributed by atoms with E-state index in [1.165, 1.54) is 7.11 Å². The predicted molar refractivity (Wildman–Crippen MR) is 81.5 cm³/mol. The molecule has 11 heteroatoms. The van der Waals surface area contributed by atoms with Crippen molar-refractivity contribution in [1.82, 2.24) is 0 Å². The number of methoxy groups -OCH3 is 1. The van der Waals surface area contributed by atoms with Crippen molar-refractivity contribution in [3.8, 4) is 0 Å². The first-order valence-corrected chi connectivity index (χ1v) is 8.20. The quantitative estimate of drug-likeness (QED) is 0.305. The predicted octanol–water partition coefficient (Wildman–Crippen LogP) is -3.14. The van der Waals surface area contributed by atoms with Gasteiger partial charge in [0, 0.05) is 14.0 Å². The maximum atomic E-state index is 11.3. The molecule has 2 fully saturated rings. The number of carbonyl (C=O) groups excluding carboxylic acids is 1. The summed E-state index contributed by atoms with van der Waals surface area (Å²) in [5, 5.41) is 49.0. The van der Waals surface area contributed by atoms with Gasteiger partial charge in [-0.3, -0.25) is 4.79 Å². The molecule has 0 aromatic rings. The van der Waals surface area contributed by atoms with E-state index < -0.39 is 74.0 Å². The average Bonchev–Trinajstić information content (AvgIpc) is 2.58. The highest BCUT2D eigenvalue weighted by Crippen LogP contribution is 2.30. The lowest BCUT2D eigenvalue weighted by atomic mass is 9.97. The van der Waals surface area contributed by atoms with Crippen LogP contribution >= 0.6 is 0 Å². The maximum absolute atomic E-state index is 11.3. The highest BCUT2D eigenvalue weighted by Gasteiger charge is 2.51. The van der Waals surface area contributed by atoms with Crippen molar-refractivity contribution in [2.45, 2.75) is 75.3 Å². The fraction of sp³-hybridized carbons (Fsp3) is 0.933. The minimum atomic E-state index is -1.61. The average molecular weight is 382 g/mol. The topological polar surface area (TPSA) is 164 Å². The molecule has 152 valence electrons. The Kier molecular flexibility index (Phi) is 7.30. The number of rotatable bonds is 5. The zero-order valence-corrected chi connectivity index (χ0v) is 14.7. The lowest BCUT2D eigenvalue weighted by Gasteiger charge is -2.46. The third-order valence-electron chi connectivity index (χ3n) is 4.46. The summed E-state index contributed by atoms with van der Waals surface area (Å²) in [6, 6.07) is 0. The van der Waals surface area contributed by atoms with Crippen LogP contribution in [-0.4, -0.2) is 107 Å². The molecule has 0 saturated carbocycles. The molecule has 0 bridgehead atoms. The second-order valence-electron chi connectivity index (χ2n) is 6.30. The zero-order chi connectivity index (χ0) is 19.6. The Bertz CT molecular complexity index is 473. The molecule has 11 nitrogen and oxygen atoms in total. The number of carbonyl (C=O) groups is 1. The molecular formula is C15H26O11. The van der Waals surface area contributed by atoms with Crippen molar-refractivity contribution >= 4 is 5.97 Å². The molecule has 5 N–H and O–H groups in total. The van der Waals surface area contributed by atoms with Gasteiger partial charge in [-0.2, -0.15) is 0 Å². The van der Waals surface area contributed by atoms with Gasteiger partial charge in [0.25, 0.3) is 0 Å². The number of hydrogen-bond acceptors (Lipinski definition) is 11. The smallest absolute Gasteiger partial charge is 0.303 e. The maximum Gasteiger partial charge on any atom is 0.303 e. The number of aliphatic hydroxyl groups is 5. The van der Waals surface area contributed by atoms with Crippen LogP contribution in [0, 0.1) is 0 Å². The zero-order valence-electron chi connectivity index (χ0n) is 14.7. The van der Waals surface area contributed by atoms with Gasteiger partial charge < -0.3 is 49.2 Å². The first kappa shape index (κ1) is 21.4. The fourth-order valence-electron chi connectivity index (χ4n) is 3.10.